The molecule has 2 aliphatic rings. The van der Waals surface area contributed by atoms with Crippen molar-refractivity contribution in [2.24, 2.45) is 0 Å². The monoisotopic (exact) mass is 394 g/mol. The van der Waals surface area contributed by atoms with Gasteiger partial charge in [0, 0.05) is 37.8 Å². The van der Waals surface area contributed by atoms with E-state index in [1.165, 1.54) is 5.56 Å². The number of hydrogen-bond donors (Lipinski definition) is 2. The van der Waals surface area contributed by atoms with Crippen molar-refractivity contribution in [3.05, 3.63) is 64.7 Å². The van der Waals surface area contributed by atoms with Gasteiger partial charge in [0.25, 0.3) is 5.91 Å². The number of ether oxygens (including phenoxy) is 1. The fraction of sp³-hybridized carbons (Fsp3) is 0.435. The Labute approximate surface area is 172 Å². The predicted octanol–water partition coefficient (Wildman–Crippen LogP) is 2.64. The number of carbonyl (C=O) groups is 1. The van der Waals surface area contributed by atoms with Crippen molar-refractivity contribution in [1.29, 1.82) is 0 Å². The molecular formula is C23H30N4O2. The molecule has 0 spiro atoms. The molecule has 1 amide bonds. The third-order valence-corrected chi connectivity index (χ3v) is 5.91. The lowest BCUT2D eigenvalue weighted by atomic mass is 10.0. The number of aryl methyl sites for hydroxylation is 2. The number of amides is 1. The zero-order valence-electron chi connectivity index (χ0n) is 17.4. The lowest BCUT2D eigenvalue weighted by Gasteiger charge is -2.37. The molecule has 6 heteroatoms. The van der Waals surface area contributed by atoms with Gasteiger partial charge in [0.05, 0.1) is 13.3 Å². The van der Waals surface area contributed by atoms with Crippen LogP contribution in [-0.4, -0.2) is 55.2 Å². The van der Waals surface area contributed by atoms with Crippen LogP contribution >= 0.6 is 0 Å². The third-order valence-electron chi connectivity index (χ3n) is 5.91. The van der Waals surface area contributed by atoms with E-state index in [4.69, 9.17) is 4.74 Å². The van der Waals surface area contributed by atoms with E-state index in [0.717, 1.165) is 55.0 Å². The summed E-state index contributed by atoms with van der Waals surface area (Å²) >= 11 is 0. The third kappa shape index (κ3) is 4.45. The maximum atomic E-state index is 12.9. The number of methoxy groups -OCH3 is 1. The summed E-state index contributed by atoms with van der Waals surface area (Å²) in [6.07, 6.45) is 1.28. The standard InChI is InChI=1S/C23H30N4O2/c1-16-12-17(2)14-19(13-16)23(28)27-10-8-26(9-11-27)22-15-21(24-25-22)18-4-6-20(29-3)7-5-18/h4-7,12-14,21-22,24-25H,8-11,15H2,1-3H3. The Kier molecular flexibility index (Phi) is 5.85. The van der Waals surface area contributed by atoms with Crippen LogP contribution in [0.3, 0.4) is 0 Å². The quantitative estimate of drug-likeness (QED) is 0.835. The highest BCUT2D eigenvalue weighted by atomic mass is 16.5. The van der Waals surface area contributed by atoms with E-state index < -0.39 is 0 Å². The lowest BCUT2D eigenvalue weighted by Crippen LogP contribution is -2.55. The van der Waals surface area contributed by atoms with Crippen molar-refractivity contribution in [2.75, 3.05) is 33.3 Å². The minimum absolute atomic E-state index is 0.144. The maximum Gasteiger partial charge on any atom is 0.253 e. The van der Waals surface area contributed by atoms with Crippen molar-refractivity contribution in [3.8, 4) is 5.75 Å². The molecule has 2 aromatic rings. The summed E-state index contributed by atoms with van der Waals surface area (Å²) in [6, 6.07) is 14.6. The Bertz CT molecular complexity index is 839. The second-order valence-corrected chi connectivity index (χ2v) is 8.07. The van der Waals surface area contributed by atoms with Crippen LogP contribution in [0.1, 0.15) is 39.5 Å². The molecule has 6 nitrogen and oxygen atoms in total. The summed E-state index contributed by atoms with van der Waals surface area (Å²) in [5, 5.41) is 0. The molecule has 2 aliphatic heterocycles. The molecule has 4 rings (SSSR count). The number of hydrazine groups is 1. The Balaban J connectivity index is 1.32. The normalized spacial score (nSPS) is 22.7. The van der Waals surface area contributed by atoms with E-state index >= 15 is 0 Å². The first-order valence-electron chi connectivity index (χ1n) is 10.3. The van der Waals surface area contributed by atoms with Gasteiger partial charge < -0.3 is 9.64 Å². The average Bonchev–Trinajstić information content (AvgIpc) is 3.23. The van der Waals surface area contributed by atoms with Gasteiger partial charge in [0.2, 0.25) is 0 Å². The summed E-state index contributed by atoms with van der Waals surface area (Å²) in [5.74, 6) is 1.02. The van der Waals surface area contributed by atoms with E-state index in [-0.39, 0.29) is 18.1 Å². The van der Waals surface area contributed by atoms with E-state index in [0.29, 0.717) is 0 Å². The minimum Gasteiger partial charge on any atom is -0.497 e. The second-order valence-electron chi connectivity index (χ2n) is 8.07. The van der Waals surface area contributed by atoms with Crippen molar-refractivity contribution < 1.29 is 9.53 Å². The molecule has 2 aromatic carbocycles. The molecule has 0 saturated carbocycles. The first-order chi connectivity index (χ1) is 14.0. The second kappa shape index (κ2) is 8.53. The first kappa shape index (κ1) is 19.9. The highest BCUT2D eigenvalue weighted by Crippen LogP contribution is 2.26. The molecule has 0 bridgehead atoms. The summed E-state index contributed by atoms with van der Waals surface area (Å²) in [7, 11) is 1.69. The highest BCUT2D eigenvalue weighted by Gasteiger charge is 2.32. The predicted molar refractivity (Wildman–Crippen MR) is 114 cm³/mol. The number of hydrogen-bond acceptors (Lipinski definition) is 5. The Hall–Kier alpha value is -2.41. The van der Waals surface area contributed by atoms with Crippen molar-refractivity contribution >= 4 is 5.91 Å². The lowest BCUT2D eigenvalue weighted by molar-refractivity contribution is 0.0544. The molecule has 0 aromatic heterocycles. The molecule has 2 saturated heterocycles. The number of nitrogens with one attached hydrogen (secondary N) is 2. The molecule has 2 atom stereocenters. The van der Waals surface area contributed by atoms with Crippen molar-refractivity contribution in [2.45, 2.75) is 32.5 Å². The summed E-state index contributed by atoms with van der Waals surface area (Å²) in [6.45, 7) is 7.37. The zero-order chi connectivity index (χ0) is 20.4. The maximum absolute atomic E-state index is 12.9. The Morgan fingerprint density at radius 1 is 0.966 bits per heavy atom. The fourth-order valence-corrected chi connectivity index (χ4v) is 4.35. The first-order valence-corrected chi connectivity index (χ1v) is 10.3. The van der Waals surface area contributed by atoms with Gasteiger partial charge in [-0.1, -0.05) is 29.3 Å². The largest absolute Gasteiger partial charge is 0.497 e. The van der Waals surface area contributed by atoms with E-state index in [1.807, 2.05) is 43.0 Å². The SMILES string of the molecule is COc1ccc(C2CC(N3CCN(C(=O)c4cc(C)cc(C)c4)CC3)NN2)cc1. The van der Waals surface area contributed by atoms with Crippen LogP contribution in [0.25, 0.3) is 0 Å². The number of nitrogens with zero attached hydrogens (tertiary/aromatic N) is 2. The molecule has 0 aliphatic carbocycles. The van der Waals surface area contributed by atoms with Gasteiger partial charge in [0.15, 0.2) is 0 Å². The van der Waals surface area contributed by atoms with Crippen LogP contribution in [0.5, 0.6) is 5.75 Å². The summed E-state index contributed by atoms with van der Waals surface area (Å²) < 4.78 is 5.25. The van der Waals surface area contributed by atoms with Crippen LogP contribution in [0.15, 0.2) is 42.5 Å². The van der Waals surface area contributed by atoms with Crippen molar-refractivity contribution in [1.82, 2.24) is 20.7 Å². The molecule has 2 unspecified atom stereocenters. The smallest absolute Gasteiger partial charge is 0.253 e. The number of carbonyl (C=O) groups excluding carboxylic acids is 1. The molecule has 2 fully saturated rings. The fourth-order valence-electron chi connectivity index (χ4n) is 4.35. The molecule has 2 heterocycles. The highest BCUT2D eigenvalue weighted by molar-refractivity contribution is 5.94. The minimum atomic E-state index is 0.144. The van der Waals surface area contributed by atoms with Gasteiger partial charge in [0.1, 0.15) is 5.75 Å². The Morgan fingerprint density at radius 3 is 2.24 bits per heavy atom. The van der Waals surface area contributed by atoms with Crippen LogP contribution in [0.2, 0.25) is 0 Å². The van der Waals surface area contributed by atoms with Crippen LogP contribution in [0.4, 0.5) is 0 Å². The Morgan fingerprint density at radius 2 is 1.62 bits per heavy atom. The van der Waals surface area contributed by atoms with Crippen LogP contribution in [0, 0.1) is 13.8 Å². The summed E-state index contributed by atoms with van der Waals surface area (Å²) in [4.78, 5) is 17.3. The van der Waals surface area contributed by atoms with E-state index in [1.54, 1.807) is 7.11 Å². The van der Waals surface area contributed by atoms with Gasteiger partial charge in [-0.15, -0.1) is 0 Å². The number of piperazine rings is 1. The number of benzene rings is 2. The van der Waals surface area contributed by atoms with E-state index in [9.17, 15) is 4.79 Å². The van der Waals surface area contributed by atoms with E-state index in [2.05, 4.69) is 34.0 Å². The molecule has 2 N–H and O–H groups in total. The van der Waals surface area contributed by atoms with Gasteiger partial charge >= 0.3 is 0 Å². The molecular weight excluding hydrogens is 364 g/mol. The molecule has 154 valence electrons. The van der Waals surface area contributed by atoms with Gasteiger partial charge in [-0.2, -0.15) is 0 Å². The van der Waals surface area contributed by atoms with Gasteiger partial charge in [-0.05, 0) is 50.1 Å². The van der Waals surface area contributed by atoms with Crippen LogP contribution in [-0.2, 0) is 0 Å². The zero-order valence-corrected chi connectivity index (χ0v) is 17.4. The number of rotatable bonds is 4. The summed E-state index contributed by atoms with van der Waals surface area (Å²) in [5.41, 5.74) is 11.2. The molecule has 29 heavy (non-hydrogen) atoms. The van der Waals surface area contributed by atoms with Gasteiger partial charge in [-0.25, -0.2) is 10.9 Å². The average molecular weight is 395 g/mol. The van der Waals surface area contributed by atoms with Gasteiger partial charge in [-0.3, -0.25) is 9.69 Å². The van der Waals surface area contributed by atoms with Crippen LogP contribution < -0.4 is 15.6 Å². The van der Waals surface area contributed by atoms with Crippen molar-refractivity contribution in [3.63, 3.8) is 0 Å². The topological polar surface area (TPSA) is 56.8 Å². The molecule has 0 radical (unpaired) electrons.